The van der Waals surface area contributed by atoms with E-state index in [1.807, 2.05) is 30.3 Å². The van der Waals surface area contributed by atoms with Crippen LogP contribution in [0, 0.1) is 0 Å². The molecule has 0 aliphatic heterocycles. The first kappa shape index (κ1) is 13.4. The number of halogens is 1. The monoisotopic (exact) mass is 278 g/mol. The molecule has 1 aromatic rings. The van der Waals surface area contributed by atoms with Crippen LogP contribution >= 0.6 is 41.2 Å². The zero-order chi connectivity index (χ0) is 9.94. The Hall–Kier alpha value is 0.400. The van der Waals surface area contributed by atoms with Crippen LogP contribution in [-0.2, 0) is 0 Å². The molecule has 0 spiro atoms. The highest BCUT2D eigenvalue weighted by Crippen LogP contribution is 2.05. The summed E-state index contributed by atoms with van der Waals surface area (Å²) in [6.07, 6.45) is 2.40. The first-order valence-electron chi connectivity index (χ1n) is 4.23. The summed E-state index contributed by atoms with van der Waals surface area (Å²) < 4.78 is 1.13. The van der Waals surface area contributed by atoms with Gasteiger partial charge in [-0.3, -0.25) is 0 Å². The Kier molecular flexibility index (Phi) is 10.8. The molecule has 1 rings (SSSR count). The van der Waals surface area contributed by atoms with Crippen molar-refractivity contribution in [3.8, 4) is 0 Å². The normalized spacial score (nSPS) is 8.85. The maximum Gasteiger partial charge on any atom is 0.0175 e. The Morgan fingerprint density at radius 3 is 1.62 bits per heavy atom. The van der Waals surface area contributed by atoms with Gasteiger partial charge in [0.1, 0.15) is 0 Å². The van der Waals surface area contributed by atoms with Crippen molar-refractivity contribution in [1.82, 2.24) is 0 Å². The lowest BCUT2D eigenvalue weighted by molar-refractivity contribution is 0.912. The van der Waals surface area contributed by atoms with Gasteiger partial charge in [0.05, 0.1) is 0 Å². The molecule has 74 valence electrons. The molecule has 0 radical (unpaired) electrons. The first-order chi connectivity index (χ1) is 6.31. The largest absolute Gasteiger partial charge is 0.179 e. The topological polar surface area (TPSA) is 0 Å². The van der Waals surface area contributed by atoms with Crippen molar-refractivity contribution in [3.05, 3.63) is 34.8 Å². The van der Waals surface area contributed by atoms with Crippen LogP contribution in [0.1, 0.15) is 12.8 Å². The maximum atomic E-state index is 4.02. The number of hydrogen-bond acceptors (Lipinski definition) is 2. The second kappa shape index (κ2) is 10.5. The summed E-state index contributed by atoms with van der Waals surface area (Å²) in [7, 11) is 0. The first-order valence-corrected chi connectivity index (χ1v) is 6.29. The van der Waals surface area contributed by atoms with Crippen molar-refractivity contribution in [2.45, 2.75) is 12.8 Å². The van der Waals surface area contributed by atoms with Crippen LogP contribution in [-0.4, -0.2) is 11.5 Å². The molecule has 3 heteroatoms. The van der Waals surface area contributed by atoms with E-state index < -0.39 is 0 Å². The minimum Gasteiger partial charge on any atom is -0.179 e. The van der Waals surface area contributed by atoms with Gasteiger partial charge in [-0.2, -0.15) is 25.3 Å². The van der Waals surface area contributed by atoms with E-state index >= 15 is 0 Å². The van der Waals surface area contributed by atoms with E-state index in [9.17, 15) is 0 Å². The van der Waals surface area contributed by atoms with E-state index in [0.29, 0.717) is 0 Å². The highest BCUT2D eigenvalue weighted by Gasteiger charge is 1.76. The average molecular weight is 279 g/mol. The van der Waals surface area contributed by atoms with Crippen LogP contribution in [0.5, 0.6) is 0 Å². The van der Waals surface area contributed by atoms with Crippen LogP contribution in [0.15, 0.2) is 34.8 Å². The molecule has 0 aromatic heterocycles. The summed E-state index contributed by atoms with van der Waals surface area (Å²) >= 11 is 11.4. The lowest BCUT2D eigenvalue weighted by Crippen LogP contribution is -1.74. The molecule has 0 nitrogen and oxygen atoms in total. The maximum absolute atomic E-state index is 4.02. The van der Waals surface area contributed by atoms with Crippen molar-refractivity contribution in [3.63, 3.8) is 0 Å². The highest BCUT2D eigenvalue weighted by atomic mass is 79.9. The SMILES string of the molecule is Brc1ccccc1.SCCCCS. The van der Waals surface area contributed by atoms with Gasteiger partial charge in [0.2, 0.25) is 0 Å². The number of rotatable bonds is 3. The van der Waals surface area contributed by atoms with E-state index in [2.05, 4.69) is 41.2 Å². The number of benzene rings is 1. The third-order valence-electron chi connectivity index (χ3n) is 1.30. The average Bonchev–Trinajstić information content (AvgIpc) is 2.17. The predicted molar refractivity (Wildman–Crippen MR) is 71.1 cm³/mol. The summed E-state index contributed by atoms with van der Waals surface area (Å²) in [6, 6.07) is 9.97. The zero-order valence-corrected chi connectivity index (χ0v) is 10.9. The van der Waals surface area contributed by atoms with Gasteiger partial charge in [-0.1, -0.05) is 34.1 Å². The molecular weight excluding hydrogens is 264 g/mol. The molecule has 0 amide bonds. The molecule has 0 saturated carbocycles. The van der Waals surface area contributed by atoms with Gasteiger partial charge in [0.15, 0.2) is 0 Å². The molecule has 0 fully saturated rings. The highest BCUT2D eigenvalue weighted by molar-refractivity contribution is 9.10. The van der Waals surface area contributed by atoms with Crippen LogP contribution in [0.3, 0.4) is 0 Å². The third-order valence-corrected chi connectivity index (χ3v) is 2.46. The molecule has 0 unspecified atom stereocenters. The summed E-state index contributed by atoms with van der Waals surface area (Å²) in [6.45, 7) is 0. The number of unbranched alkanes of at least 4 members (excludes halogenated alkanes) is 1. The zero-order valence-electron chi connectivity index (χ0n) is 7.49. The summed E-state index contributed by atoms with van der Waals surface area (Å²) in [5.41, 5.74) is 0. The Bertz CT molecular complexity index is 185. The summed E-state index contributed by atoms with van der Waals surface area (Å²) in [4.78, 5) is 0. The lowest BCUT2D eigenvalue weighted by atomic mass is 10.4. The fourth-order valence-corrected chi connectivity index (χ4v) is 1.39. The Morgan fingerprint density at radius 2 is 1.38 bits per heavy atom. The Labute approximate surface area is 100 Å². The lowest BCUT2D eigenvalue weighted by Gasteiger charge is -1.85. The van der Waals surface area contributed by atoms with Crippen LogP contribution in [0.4, 0.5) is 0 Å². The van der Waals surface area contributed by atoms with Gasteiger partial charge in [0, 0.05) is 4.47 Å². The molecule has 0 aliphatic carbocycles. The molecule has 13 heavy (non-hydrogen) atoms. The third kappa shape index (κ3) is 10.3. The molecule has 0 saturated heterocycles. The van der Waals surface area contributed by atoms with Crippen LogP contribution in [0.25, 0.3) is 0 Å². The van der Waals surface area contributed by atoms with E-state index in [4.69, 9.17) is 0 Å². The molecule has 0 atom stereocenters. The van der Waals surface area contributed by atoms with E-state index in [0.717, 1.165) is 16.0 Å². The summed E-state index contributed by atoms with van der Waals surface area (Å²) in [5.74, 6) is 2.00. The van der Waals surface area contributed by atoms with Crippen molar-refractivity contribution in [2.24, 2.45) is 0 Å². The van der Waals surface area contributed by atoms with Crippen molar-refractivity contribution >= 4 is 41.2 Å². The molecule has 0 N–H and O–H groups in total. The Morgan fingerprint density at radius 1 is 0.923 bits per heavy atom. The van der Waals surface area contributed by atoms with Crippen molar-refractivity contribution in [1.29, 1.82) is 0 Å². The van der Waals surface area contributed by atoms with Crippen molar-refractivity contribution < 1.29 is 0 Å². The predicted octanol–water partition coefficient (Wildman–Crippen LogP) is 4.08. The van der Waals surface area contributed by atoms with Crippen LogP contribution < -0.4 is 0 Å². The van der Waals surface area contributed by atoms with E-state index in [1.54, 1.807) is 0 Å². The van der Waals surface area contributed by atoms with E-state index in [-0.39, 0.29) is 0 Å². The second-order valence-electron chi connectivity index (χ2n) is 2.45. The van der Waals surface area contributed by atoms with Crippen LogP contribution in [0.2, 0.25) is 0 Å². The van der Waals surface area contributed by atoms with E-state index in [1.165, 1.54) is 12.8 Å². The fraction of sp³-hybridized carbons (Fsp3) is 0.400. The molecule has 1 aromatic carbocycles. The molecule has 0 bridgehead atoms. The summed E-state index contributed by atoms with van der Waals surface area (Å²) in [5, 5.41) is 0. The molecule has 0 aliphatic rings. The van der Waals surface area contributed by atoms with Gasteiger partial charge in [-0.15, -0.1) is 0 Å². The standard InChI is InChI=1S/C6H5Br.C4H10S2/c7-6-4-2-1-3-5-6;5-3-1-2-4-6/h1-5H;5-6H,1-4H2. The van der Waals surface area contributed by atoms with Gasteiger partial charge in [-0.05, 0) is 36.5 Å². The number of thiol groups is 2. The minimum absolute atomic E-state index is 1.00. The quantitative estimate of drug-likeness (QED) is 0.604. The minimum atomic E-state index is 1.00. The van der Waals surface area contributed by atoms with Gasteiger partial charge < -0.3 is 0 Å². The van der Waals surface area contributed by atoms with Gasteiger partial charge in [0.25, 0.3) is 0 Å². The van der Waals surface area contributed by atoms with Gasteiger partial charge in [-0.25, -0.2) is 0 Å². The molecular formula is C10H15BrS2. The Balaban J connectivity index is 0.000000226. The second-order valence-corrected chi connectivity index (χ2v) is 4.26. The number of hydrogen-bond donors (Lipinski definition) is 2. The fourth-order valence-electron chi connectivity index (χ4n) is 0.638. The molecule has 0 heterocycles. The van der Waals surface area contributed by atoms with Crippen molar-refractivity contribution in [2.75, 3.05) is 11.5 Å². The van der Waals surface area contributed by atoms with Gasteiger partial charge >= 0.3 is 0 Å². The smallest absolute Gasteiger partial charge is 0.0175 e.